The topological polar surface area (TPSA) is 32.3 Å². The van der Waals surface area contributed by atoms with Crippen LogP contribution in [-0.2, 0) is 0 Å². The van der Waals surface area contributed by atoms with Gasteiger partial charge in [-0.25, -0.2) is 0 Å². The summed E-state index contributed by atoms with van der Waals surface area (Å²) >= 11 is 3.31. The molecule has 0 amide bonds. The van der Waals surface area contributed by atoms with Crippen LogP contribution in [0.25, 0.3) is 0 Å². The number of hydrogen-bond acceptors (Lipinski definition) is 2. The zero-order valence-corrected chi connectivity index (χ0v) is 10.2. The first-order chi connectivity index (χ1) is 7.24. The molecule has 0 aromatic heterocycles. The minimum atomic E-state index is 0.182. The number of hydrogen-bond donors (Lipinski definition) is 2. The largest absolute Gasteiger partial charge is 0.396 e. The van der Waals surface area contributed by atoms with E-state index >= 15 is 0 Å². The summed E-state index contributed by atoms with van der Waals surface area (Å²) < 4.78 is 0.918. The van der Waals surface area contributed by atoms with Crippen LogP contribution in [0.1, 0.15) is 18.0 Å². The highest BCUT2D eigenvalue weighted by Gasteiger charge is 2.09. The van der Waals surface area contributed by atoms with E-state index in [2.05, 4.69) is 40.0 Å². The zero-order valence-electron chi connectivity index (χ0n) is 8.62. The van der Waals surface area contributed by atoms with Crippen LogP contribution in [0.5, 0.6) is 0 Å². The molecule has 0 bridgehead atoms. The van der Waals surface area contributed by atoms with Gasteiger partial charge in [0.1, 0.15) is 0 Å². The number of aliphatic hydroxyl groups excluding tert-OH is 1. The van der Waals surface area contributed by atoms with Crippen molar-refractivity contribution in [2.45, 2.75) is 12.5 Å². The monoisotopic (exact) mass is 269 g/mol. The summed E-state index contributed by atoms with van der Waals surface area (Å²) in [6, 6.07) is 10.3. The molecule has 0 unspecified atom stereocenters. The molecular weight excluding hydrogens is 254 g/mol. The summed E-state index contributed by atoms with van der Waals surface area (Å²) in [5.74, 6) is 0. The number of nitrogens with one attached hydrogen (secondary N) is 1. The molecular formula is C12H16BrNO. The summed E-state index contributed by atoms with van der Waals surface area (Å²) in [6.07, 6.45) is 0.713. The van der Waals surface area contributed by atoms with Gasteiger partial charge < -0.3 is 10.4 Å². The molecule has 0 aliphatic carbocycles. The molecule has 0 saturated carbocycles. The molecule has 1 aromatic rings. The van der Waals surface area contributed by atoms with E-state index in [-0.39, 0.29) is 12.6 Å². The smallest absolute Gasteiger partial charge is 0.0449 e. The Labute approximate surface area is 99.1 Å². The Morgan fingerprint density at radius 3 is 2.60 bits per heavy atom. The second-order valence-electron chi connectivity index (χ2n) is 3.37. The standard InChI is InChI=1S/C12H16BrNO/c1-10(13)9-14-12(7-8-15)11-5-3-2-4-6-11/h2-6,12,14-15H,1,7-9H2/t12-/m0/s1. The highest BCUT2D eigenvalue weighted by molar-refractivity contribution is 9.11. The summed E-state index contributed by atoms with van der Waals surface area (Å²) in [5.41, 5.74) is 1.19. The quantitative estimate of drug-likeness (QED) is 0.832. The van der Waals surface area contributed by atoms with Crippen molar-refractivity contribution < 1.29 is 5.11 Å². The third-order valence-electron chi connectivity index (χ3n) is 2.16. The van der Waals surface area contributed by atoms with Crippen molar-refractivity contribution in [1.29, 1.82) is 0 Å². The maximum atomic E-state index is 8.99. The fraction of sp³-hybridized carbons (Fsp3) is 0.333. The lowest BCUT2D eigenvalue weighted by Crippen LogP contribution is -2.23. The molecule has 0 fully saturated rings. The molecule has 2 N–H and O–H groups in total. The summed E-state index contributed by atoms with van der Waals surface area (Å²) in [4.78, 5) is 0. The predicted octanol–water partition coefficient (Wildman–Crippen LogP) is 2.61. The number of aliphatic hydroxyl groups is 1. The molecule has 2 nitrogen and oxygen atoms in total. The van der Waals surface area contributed by atoms with Gasteiger partial charge in [0.05, 0.1) is 0 Å². The van der Waals surface area contributed by atoms with E-state index in [0.717, 1.165) is 4.48 Å². The minimum Gasteiger partial charge on any atom is -0.396 e. The van der Waals surface area contributed by atoms with Crippen molar-refractivity contribution in [1.82, 2.24) is 5.32 Å². The molecule has 1 aromatic carbocycles. The normalized spacial score (nSPS) is 12.4. The molecule has 3 heteroatoms. The second-order valence-corrected chi connectivity index (χ2v) is 4.50. The molecule has 0 heterocycles. The molecule has 15 heavy (non-hydrogen) atoms. The minimum absolute atomic E-state index is 0.182. The third kappa shape index (κ3) is 4.60. The van der Waals surface area contributed by atoms with Crippen molar-refractivity contribution in [3.8, 4) is 0 Å². The van der Waals surface area contributed by atoms with Crippen molar-refractivity contribution in [3.63, 3.8) is 0 Å². The molecule has 1 rings (SSSR count). The Balaban J connectivity index is 2.61. The van der Waals surface area contributed by atoms with E-state index in [1.54, 1.807) is 0 Å². The first kappa shape index (κ1) is 12.4. The van der Waals surface area contributed by atoms with E-state index in [1.807, 2.05) is 18.2 Å². The predicted molar refractivity (Wildman–Crippen MR) is 67.0 cm³/mol. The number of benzene rings is 1. The first-order valence-corrected chi connectivity index (χ1v) is 5.76. The fourth-order valence-electron chi connectivity index (χ4n) is 1.43. The Kier molecular flexibility index (Phi) is 5.61. The summed E-state index contributed by atoms with van der Waals surface area (Å²) in [7, 11) is 0. The van der Waals surface area contributed by atoms with Crippen LogP contribution >= 0.6 is 15.9 Å². The SMILES string of the molecule is C=C(Br)CN[C@@H](CCO)c1ccccc1. The Hall–Kier alpha value is -0.640. The Bertz CT molecular complexity index is 300. The van der Waals surface area contributed by atoms with E-state index in [0.29, 0.717) is 13.0 Å². The number of rotatable bonds is 6. The average molecular weight is 270 g/mol. The van der Waals surface area contributed by atoms with Crippen LogP contribution in [0.3, 0.4) is 0 Å². The van der Waals surface area contributed by atoms with Gasteiger partial charge in [-0.3, -0.25) is 0 Å². The lowest BCUT2D eigenvalue weighted by Gasteiger charge is -2.17. The van der Waals surface area contributed by atoms with Gasteiger partial charge in [-0.15, -0.1) is 0 Å². The molecule has 1 atom stereocenters. The van der Waals surface area contributed by atoms with Crippen molar-refractivity contribution in [3.05, 3.63) is 47.0 Å². The van der Waals surface area contributed by atoms with Gasteiger partial charge in [0, 0.05) is 23.7 Å². The van der Waals surface area contributed by atoms with Gasteiger partial charge in [-0.2, -0.15) is 0 Å². The van der Waals surface area contributed by atoms with Crippen LogP contribution in [0.2, 0.25) is 0 Å². The van der Waals surface area contributed by atoms with E-state index in [1.165, 1.54) is 5.56 Å². The molecule has 82 valence electrons. The Morgan fingerprint density at radius 1 is 1.40 bits per heavy atom. The van der Waals surface area contributed by atoms with Gasteiger partial charge in [-0.05, 0) is 12.0 Å². The van der Waals surface area contributed by atoms with Gasteiger partial charge >= 0.3 is 0 Å². The summed E-state index contributed by atoms with van der Waals surface area (Å²) in [5, 5.41) is 12.3. The van der Waals surface area contributed by atoms with Crippen LogP contribution < -0.4 is 5.32 Å². The van der Waals surface area contributed by atoms with E-state index < -0.39 is 0 Å². The van der Waals surface area contributed by atoms with Crippen LogP contribution in [0.15, 0.2) is 41.4 Å². The molecule has 0 aliphatic rings. The molecule has 0 aliphatic heterocycles. The van der Waals surface area contributed by atoms with Gasteiger partial charge in [0.25, 0.3) is 0 Å². The third-order valence-corrected chi connectivity index (χ3v) is 2.44. The number of halogens is 1. The maximum Gasteiger partial charge on any atom is 0.0449 e. The fourth-order valence-corrected chi connectivity index (χ4v) is 1.60. The first-order valence-electron chi connectivity index (χ1n) is 4.96. The maximum absolute atomic E-state index is 8.99. The highest BCUT2D eigenvalue weighted by Crippen LogP contribution is 2.16. The second kappa shape index (κ2) is 6.77. The van der Waals surface area contributed by atoms with Crippen LogP contribution in [0.4, 0.5) is 0 Å². The van der Waals surface area contributed by atoms with Crippen molar-refractivity contribution >= 4 is 15.9 Å². The van der Waals surface area contributed by atoms with Crippen LogP contribution in [0, 0.1) is 0 Å². The van der Waals surface area contributed by atoms with E-state index in [4.69, 9.17) is 5.11 Å². The van der Waals surface area contributed by atoms with Gasteiger partial charge in [0.2, 0.25) is 0 Å². The lowest BCUT2D eigenvalue weighted by atomic mass is 10.0. The molecule has 0 radical (unpaired) electrons. The highest BCUT2D eigenvalue weighted by atomic mass is 79.9. The Morgan fingerprint density at radius 2 is 2.07 bits per heavy atom. The average Bonchev–Trinajstić information content (AvgIpc) is 2.25. The van der Waals surface area contributed by atoms with E-state index in [9.17, 15) is 0 Å². The zero-order chi connectivity index (χ0) is 11.1. The molecule has 0 saturated heterocycles. The lowest BCUT2D eigenvalue weighted by molar-refractivity contribution is 0.267. The van der Waals surface area contributed by atoms with Crippen molar-refractivity contribution in [2.75, 3.05) is 13.2 Å². The summed E-state index contributed by atoms with van der Waals surface area (Å²) in [6.45, 7) is 4.66. The van der Waals surface area contributed by atoms with Gasteiger partial charge in [-0.1, -0.05) is 52.8 Å². The van der Waals surface area contributed by atoms with Gasteiger partial charge in [0.15, 0.2) is 0 Å². The molecule has 0 spiro atoms. The van der Waals surface area contributed by atoms with Crippen LogP contribution in [-0.4, -0.2) is 18.3 Å². The van der Waals surface area contributed by atoms with Crippen molar-refractivity contribution in [2.24, 2.45) is 0 Å².